The molecule has 0 radical (unpaired) electrons. The van der Waals surface area contributed by atoms with Crippen molar-refractivity contribution < 1.29 is 4.74 Å². The van der Waals surface area contributed by atoms with Crippen LogP contribution in [-0.2, 0) is 4.74 Å². The number of rotatable bonds is 5. The third kappa shape index (κ3) is 10.7. The van der Waals surface area contributed by atoms with Crippen molar-refractivity contribution in [2.45, 2.75) is 41.5 Å². The van der Waals surface area contributed by atoms with E-state index in [1.807, 2.05) is 27.7 Å². The van der Waals surface area contributed by atoms with E-state index in [1.54, 1.807) is 0 Å². The molecule has 0 unspecified atom stereocenters. The van der Waals surface area contributed by atoms with Crippen LogP contribution >= 0.6 is 0 Å². The molecule has 3 heteroatoms. The fraction of sp³-hybridized carbons (Fsp3) is 1.00. The number of nitrogens with zero attached hydrogens (tertiary/aromatic N) is 2. The Hall–Kier alpha value is -0.120. The van der Waals surface area contributed by atoms with E-state index >= 15 is 0 Å². The van der Waals surface area contributed by atoms with Gasteiger partial charge in [0.05, 0.1) is 6.61 Å². The molecule has 0 N–H and O–H groups in total. The minimum atomic E-state index is 0.842. The van der Waals surface area contributed by atoms with Crippen LogP contribution < -0.4 is 0 Å². The molecule has 0 aromatic carbocycles. The number of hydrogen-bond acceptors (Lipinski definition) is 3. The van der Waals surface area contributed by atoms with Gasteiger partial charge < -0.3 is 9.64 Å². The molecule has 17 heavy (non-hydrogen) atoms. The normalized spacial score (nSPS) is 16.6. The number of hydrogen-bond donors (Lipinski definition) is 0. The topological polar surface area (TPSA) is 15.7 Å². The lowest BCUT2D eigenvalue weighted by Crippen LogP contribution is -2.47. The molecule has 1 fully saturated rings. The van der Waals surface area contributed by atoms with Crippen molar-refractivity contribution in [1.29, 1.82) is 0 Å². The predicted molar refractivity (Wildman–Crippen MR) is 77.7 cm³/mol. The van der Waals surface area contributed by atoms with Gasteiger partial charge in [-0.3, -0.25) is 4.90 Å². The first-order chi connectivity index (χ1) is 8.36. The second kappa shape index (κ2) is 15.9. The molecular weight excluding hydrogens is 212 g/mol. The molecule has 0 aliphatic carbocycles. The van der Waals surface area contributed by atoms with Gasteiger partial charge in [-0.05, 0) is 13.5 Å². The summed E-state index contributed by atoms with van der Waals surface area (Å²) in [6.07, 6.45) is 0. The predicted octanol–water partition coefficient (Wildman–Crippen LogP) is 2.71. The van der Waals surface area contributed by atoms with Gasteiger partial charge in [0.1, 0.15) is 0 Å². The minimum Gasteiger partial charge on any atom is -0.380 e. The summed E-state index contributed by atoms with van der Waals surface area (Å²) in [5.41, 5.74) is 0. The highest BCUT2D eigenvalue weighted by atomic mass is 16.5. The second-order valence-electron chi connectivity index (χ2n) is 3.47. The first-order valence-corrected chi connectivity index (χ1v) is 7.39. The molecule has 0 saturated carbocycles. The van der Waals surface area contributed by atoms with Gasteiger partial charge >= 0.3 is 0 Å². The highest BCUT2D eigenvalue weighted by Gasteiger charge is 2.14. The molecular formula is C14H34N2O. The lowest BCUT2D eigenvalue weighted by molar-refractivity contribution is 0.0826. The van der Waals surface area contributed by atoms with Gasteiger partial charge in [-0.25, -0.2) is 0 Å². The second-order valence-corrected chi connectivity index (χ2v) is 3.47. The van der Waals surface area contributed by atoms with E-state index in [-0.39, 0.29) is 0 Å². The van der Waals surface area contributed by atoms with E-state index < -0.39 is 0 Å². The van der Waals surface area contributed by atoms with Gasteiger partial charge in [0.25, 0.3) is 0 Å². The molecule has 0 aromatic rings. The van der Waals surface area contributed by atoms with Crippen molar-refractivity contribution in [1.82, 2.24) is 9.80 Å². The number of piperazine rings is 1. The van der Waals surface area contributed by atoms with E-state index in [0.717, 1.165) is 19.8 Å². The SMILES string of the molecule is CC.CC.CCOCCN1CCN(CC)CC1. The number of likely N-dealkylation sites (N-methyl/N-ethyl adjacent to an activating group) is 1. The molecule has 3 nitrogen and oxygen atoms in total. The van der Waals surface area contributed by atoms with Crippen molar-refractivity contribution in [3.63, 3.8) is 0 Å². The van der Waals surface area contributed by atoms with Crippen molar-refractivity contribution in [3.05, 3.63) is 0 Å². The number of ether oxygens (including phenoxy) is 1. The van der Waals surface area contributed by atoms with Crippen LogP contribution in [0.15, 0.2) is 0 Å². The monoisotopic (exact) mass is 246 g/mol. The zero-order chi connectivity index (χ0) is 13.5. The Morgan fingerprint density at radius 1 is 0.824 bits per heavy atom. The van der Waals surface area contributed by atoms with Gasteiger partial charge in [0.2, 0.25) is 0 Å². The van der Waals surface area contributed by atoms with E-state index in [0.29, 0.717) is 0 Å². The van der Waals surface area contributed by atoms with Crippen molar-refractivity contribution in [2.75, 3.05) is 52.5 Å². The van der Waals surface area contributed by atoms with Gasteiger partial charge in [-0.2, -0.15) is 0 Å². The summed E-state index contributed by atoms with van der Waals surface area (Å²) in [6, 6.07) is 0. The Balaban J connectivity index is 0. The maximum absolute atomic E-state index is 5.33. The average Bonchev–Trinajstić information content (AvgIpc) is 2.44. The summed E-state index contributed by atoms with van der Waals surface area (Å²) in [6.45, 7) is 21.2. The zero-order valence-corrected chi connectivity index (χ0v) is 13.0. The van der Waals surface area contributed by atoms with E-state index in [2.05, 4.69) is 23.6 Å². The highest BCUT2D eigenvalue weighted by molar-refractivity contribution is 4.70. The Morgan fingerprint density at radius 3 is 1.71 bits per heavy atom. The maximum atomic E-state index is 5.33. The minimum absolute atomic E-state index is 0.842. The van der Waals surface area contributed by atoms with Gasteiger partial charge in [0.15, 0.2) is 0 Å². The summed E-state index contributed by atoms with van der Waals surface area (Å²) < 4.78 is 5.33. The molecule has 0 atom stereocenters. The Morgan fingerprint density at radius 2 is 1.29 bits per heavy atom. The van der Waals surface area contributed by atoms with Gasteiger partial charge in [-0.1, -0.05) is 34.6 Å². The molecule has 1 saturated heterocycles. The molecule has 0 amide bonds. The standard InChI is InChI=1S/C10H22N2O.2C2H6/c1-3-11-5-7-12(8-6-11)9-10-13-4-2;2*1-2/h3-10H2,1-2H3;2*1-2H3. The van der Waals surface area contributed by atoms with Crippen LogP contribution in [0, 0.1) is 0 Å². The summed E-state index contributed by atoms with van der Waals surface area (Å²) >= 11 is 0. The molecule has 1 aliphatic rings. The largest absolute Gasteiger partial charge is 0.380 e. The van der Waals surface area contributed by atoms with Crippen LogP contribution in [0.2, 0.25) is 0 Å². The Labute approximate surface area is 109 Å². The van der Waals surface area contributed by atoms with Crippen LogP contribution in [0.25, 0.3) is 0 Å². The van der Waals surface area contributed by atoms with Crippen molar-refractivity contribution >= 4 is 0 Å². The summed E-state index contributed by atoms with van der Waals surface area (Å²) in [5, 5.41) is 0. The van der Waals surface area contributed by atoms with Crippen LogP contribution in [-0.4, -0.2) is 62.3 Å². The molecule has 1 heterocycles. The summed E-state index contributed by atoms with van der Waals surface area (Å²) in [7, 11) is 0. The molecule has 1 rings (SSSR count). The molecule has 1 aliphatic heterocycles. The van der Waals surface area contributed by atoms with E-state index in [9.17, 15) is 0 Å². The van der Waals surface area contributed by atoms with E-state index in [4.69, 9.17) is 4.74 Å². The van der Waals surface area contributed by atoms with Crippen LogP contribution in [0.4, 0.5) is 0 Å². The van der Waals surface area contributed by atoms with Crippen LogP contribution in [0.5, 0.6) is 0 Å². The zero-order valence-electron chi connectivity index (χ0n) is 13.0. The fourth-order valence-electron chi connectivity index (χ4n) is 1.67. The van der Waals surface area contributed by atoms with Crippen molar-refractivity contribution in [3.8, 4) is 0 Å². The average molecular weight is 246 g/mol. The first-order valence-electron chi connectivity index (χ1n) is 7.39. The third-order valence-corrected chi connectivity index (χ3v) is 2.67. The summed E-state index contributed by atoms with van der Waals surface area (Å²) in [4.78, 5) is 4.99. The van der Waals surface area contributed by atoms with Crippen LogP contribution in [0.1, 0.15) is 41.5 Å². The molecule has 106 valence electrons. The van der Waals surface area contributed by atoms with Gasteiger partial charge in [0, 0.05) is 39.3 Å². The Kier molecular flexibility index (Phi) is 18.0. The highest BCUT2D eigenvalue weighted by Crippen LogP contribution is 2.00. The lowest BCUT2D eigenvalue weighted by Gasteiger charge is -2.33. The first kappa shape index (κ1) is 19.2. The Bertz CT molecular complexity index is 121. The van der Waals surface area contributed by atoms with Crippen molar-refractivity contribution in [2.24, 2.45) is 0 Å². The van der Waals surface area contributed by atoms with E-state index in [1.165, 1.54) is 32.7 Å². The third-order valence-electron chi connectivity index (χ3n) is 2.67. The summed E-state index contributed by atoms with van der Waals surface area (Å²) in [5.74, 6) is 0. The smallest absolute Gasteiger partial charge is 0.0593 e. The van der Waals surface area contributed by atoms with Crippen LogP contribution in [0.3, 0.4) is 0 Å². The quantitative estimate of drug-likeness (QED) is 0.694. The fourth-order valence-corrected chi connectivity index (χ4v) is 1.67. The molecule has 0 bridgehead atoms. The lowest BCUT2D eigenvalue weighted by atomic mass is 10.3. The molecule has 0 spiro atoms. The molecule has 0 aromatic heterocycles. The van der Waals surface area contributed by atoms with Gasteiger partial charge in [-0.15, -0.1) is 0 Å². The maximum Gasteiger partial charge on any atom is 0.0593 e.